The number of fused-ring (bicyclic) bond motifs is 1. The van der Waals surface area contributed by atoms with Crippen molar-refractivity contribution in [2.45, 2.75) is 26.4 Å². The van der Waals surface area contributed by atoms with Gasteiger partial charge in [0.1, 0.15) is 17.9 Å². The third-order valence-electron chi connectivity index (χ3n) is 4.45. The molecule has 148 valence electrons. The van der Waals surface area contributed by atoms with Crippen LogP contribution in [0.1, 0.15) is 24.5 Å². The van der Waals surface area contributed by atoms with Crippen molar-refractivity contribution < 1.29 is 23.4 Å². The Morgan fingerprint density at radius 2 is 1.64 bits per heavy atom. The van der Waals surface area contributed by atoms with Gasteiger partial charge < -0.3 is 23.4 Å². The summed E-state index contributed by atoms with van der Waals surface area (Å²) in [5, 5.41) is 0.932. The molecule has 0 aliphatic rings. The van der Waals surface area contributed by atoms with Gasteiger partial charge in [0.05, 0.1) is 21.3 Å². The van der Waals surface area contributed by atoms with Crippen molar-refractivity contribution in [2.24, 2.45) is 0 Å². The largest absolute Gasteiger partial charge is 0.493 e. The van der Waals surface area contributed by atoms with Crippen LogP contribution in [-0.2, 0) is 13.0 Å². The Hall–Kier alpha value is -3.15. The van der Waals surface area contributed by atoms with Crippen LogP contribution < -0.4 is 24.6 Å². The van der Waals surface area contributed by atoms with Gasteiger partial charge in [-0.05, 0) is 41.8 Å². The minimum atomic E-state index is -0.349. The highest BCUT2D eigenvalue weighted by Gasteiger charge is 2.14. The SMILES string of the molecule is CCCc1cc(=O)oc2cc(OCc3cc(OC)c(OC)c(OC)c3)ccc12. The van der Waals surface area contributed by atoms with Gasteiger partial charge in [0, 0.05) is 17.5 Å². The topological polar surface area (TPSA) is 67.1 Å². The van der Waals surface area contributed by atoms with Crippen molar-refractivity contribution >= 4 is 11.0 Å². The van der Waals surface area contributed by atoms with E-state index >= 15 is 0 Å². The van der Waals surface area contributed by atoms with Crippen LogP contribution in [0, 0.1) is 0 Å². The highest BCUT2D eigenvalue weighted by molar-refractivity contribution is 5.81. The van der Waals surface area contributed by atoms with Crippen LogP contribution in [0.2, 0.25) is 0 Å². The van der Waals surface area contributed by atoms with Crippen LogP contribution in [0.15, 0.2) is 45.6 Å². The maximum absolute atomic E-state index is 11.8. The van der Waals surface area contributed by atoms with Gasteiger partial charge in [-0.2, -0.15) is 0 Å². The van der Waals surface area contributed by atoms with Gasteiger partial charge >= 0.3 is 5.63 Å². The molecule has 6 heteroatoms. The van der Waals surface area contributed by atoms with Crippen molar-refractivity contribution in [3.05, 3.63) is 57.9 Å². The van der Waals surface area contributed by atoms with Crippen molar-refractivity contribution in [1.82, 2.24) is 0 Å². The van der Waals surface area contributed by atoms with E-state index in [9.17, 15) is 4.79 Å². The summed E-state index contributed by atoms with van der Waals surface area (Å²) in [4.78, 5) is 11.8. The van der Waals surface area contributed by atoms with Gasteiger partial charge in [-0.1, -0.05) is 13.3 Å². The molecule has 1 aromatic heterocycles. The molecular formula is C22H24O6. The lowest BCUT2D eigenvalue weighted by Crippen LogP contribution is -2.02. The second kappa shape index (κ2) is 8.69. The molecule has 28 heavy (non-hydrogen) atoms. The van der Waals surface area contributed by atoms with Crippen molar-refractivity contribution in [3.63, 3.8) is 0 Å². The third-order valence-corrected chi connectivity index (χ3v) is 4.45. The van der Waals surface area contributed by atoms with Gasteiger partial charge in [-0.25, -0.2) is 4.79 Å². The normalized spacial score (nSPS) is 10.7. The molecule has 0 saturated heterocycles. The first-order chi connectivity index (χ1) is 13.6. The molecule has 0 bridgehead atoms. The minimum Gasteiger partial charge on any atom is -0.493 e. The fourth-order valence-electron chi connectivity index (χ4n) is 3.16. The van der Waals surface area contributed by atoms with Crippen LogP contribution in [0.25, 0.3) is 11.0 Å². The zero-order chi connectivity index (χ0) is 20.1. The van der Waals surface area contributed by atoms with Crippen LogP contribution >= 0.6 is 0 Å². The molecule has 0 aliphatic carbocycles. The second-order valence-corrected chi connectivity index (χ2v) is 6.32. The summed E-state index contributed by atoms with van der Waals surface area (Å²) in [5.41, 5.74) is 2.02. The molecule has 0 fully saturated rings. The molecule has 0 N–H and O–H groups in total. The Balaban J connectivity index is 1.87. The van der Waals surface area contributed by atoms with E-state index in [2.05, 4.69) is 6.92 Å². The van der Waals surface area contributed by atoms with E-state index in [0.717, 1.165) is 29.4 Å². The van der Waals surface area contributed by atoms with Gasteiger partial charge in [0.15, 0.2) is 11.5 Å². The molecule has 0 unspecified atom stereocenters. The number of hydrogen-bond acceptors (Lipinski definition) is 6. The van der Waals surface area contributed by atoms with E-state index in [4.69, 9.17) is 23.4 Å². The van der Waals surface area contributed by atoms with Crippen LogP contribution in [0.5, 0.6) is 23.0 Å². The maximum Gasteiger partial charge on any atom is 0.336 e. The molecule has 0 spiro atoms. The smallest absolute Gasteiger partial charge is 0.336 e. The summed E-state index contributed by atoms with van der Waals surface area (Å²) in [6.45, 7) is 2.37. The van der Waals surface area contributed by atoms with Gasteiger partial charge in [0.2, 0.25) is 5.75 Å². The number of benzene rings is 2. The lowest BCUT2D eigenvalue weighted by molar-refractivity contribution is 0.298. The number of hydrogen-bond donors (Lipinski definition) is 0. The molecule has 3 aromatic rings. The number of ether oxygens (including phenoxy) is 4. The lowest BCUT2D eigenvalue weighted by Gasteiger charge is -2.14. The Morgan fingerprint density at radius 1 is 0.929 bits per heavy atom. The van der Waals surface area contributed by atoms with E-state index < -0.39 is 0 Å². The first-order valence-corrected chi connectivity index (χ1v) is 9.08. The minimum absolute atomic E-state index is 0.293. The number of methoxy groups -OCH3 is 3. The zero-order valence-corrected chi connectivity index (χ0v) is 16.5. The van der Waals surface area contributed by atoms with Crippen molar-refractivity contribution in [1.29, 1.82) is 0 Å². The summed E-state index contributed by atoms with van der Waals surface area (Å²) < 4.78 is 27.3. The fraction of sp³-hybridized carbons (Fsp3) is 0.318. The van der Waals surface area contributed by atoms with Crippen molar-refractivity contribution in [3.8, 4) is 23.0 Å². The van der Waals surface area contributed by atoms with Gasteiger partial charge in [0.25, 0.3) is 0 Å². The highest BCUT2D eigenvalue weighted by atomic mass is 16.5. The molecule has 1 heterocycles. The monoisotopic (exact) mass is 384 g/mol. The van der Waals surface area contributed by atoms with Crippen LogP contribution in [-0.4, -0.2) is 21.3 Å². The predicted molar refractivity (Wildman–Crippen MR) is 107 cm³/mol. The summed E-state index contributed by atoms with van der Waals surface area (Å²) >= 11 is 0. The summed E-state index contributed by atoms with van der Waals surface area (Å²) in [7, 11) is 4.70. The Labute approximate surface area is 163 Å². The van der Waals surface area contributed by atoms with E-state index in [1.165, 1.54) is 0 Å². The average molecular weight is 384 g/mol. The molecule has 0 amide bonds. The molecular weight excluding hydrogens is 360 g/mol. The molecule has 0 aliphatic heterocycles. The molecule has 0 atom stereocenters. The molecule has 0 saturated carbocycles. The molecule has 6 nitrogen and oxygen atoms in total. The van der Waals surface area contributed by atoms with E-state index in [1.54, 1.807) is 33.5 Å². The van der Waals surface area contributed by atoms with E-state index in [0.29, 0.717) is 35.2 Å². The predicted octanol–water partition coefficient (Wildman–Crippen LogP) is 4.35. The fourth-order valence-corrected chi connectivity index (χ4v) is 3.16. The quantitative estimate of drug-likeness (QED) is 0.538. The lowest BCUT2D eigenvalue weighted by atomic mass is 10.1. The van der Waals surface area contributed by atoms with Crippen molar-refractivity contribution in [2.75, 3.05) is 21.3 Å². The summed E-state index contributed by atoms with van der Waals surface area (Å²) in [6, 6.07) is 10.8. The highest BCUT2D eigenvalue weighted by Crippen LogP contribution is 2.38. The van der Waals surface area contributed by atoms with Gasteiger partial charge in [-0.15, -0.1) is 0 Å². The Morgan fingerprint density at radius 3 is 2.25 bits per heavy atom. The zero-order valence-electron chi connectivity index (χ0n) is 16.5. The first kappa shape index (κ1) is 19.6. The number of rotatable bonds is 8. The average Bonchev–Trinajstić information content (AvgIpc) is 2.71. The first-order valence-electron chi connectivity index (χ1n) is 9.08. The van der Waals surface area contributed by atoms with Crippen LogP contribution in [0.4, 0.5) is 0 Å². The maximum atomic E-state index is 11.8. The Kier molecular flexibility index (Phi) is 6.09. The molecule has 3 rings (SSSR count). The summed E-state index contributed by atoms with van der Waals surface area (Å²) in [5.74, 6) is 2.27. The van der Waals surface area contributed by atoms with E-state index in [1.807, 2.05) is 24.3 Å². The van der Waals surface area contributed by atoms with Gasteiger partial charge in [-0.3, -0.25) is 0 Å². The second-order valence-electron chi connectivity index (χ2n) is 6.32. The van der Waals surface area contributed by atoms with Crippen LogP contribution in [0.3, 0.4) is 0 Å². The van der Waals surface area contributed by atoms with E-state index in [-0.39, 0.29) is 5.63 Å². The molecule has 2 aromatic carbocycles. The summed E-state index contributed by atoms with van der Waals surface area (Å²) in [6.07, 6.45) is 1.78. The number of aryl methyl sites for hydroxylation is 1. The Bertz CT molecular complexity index is 996. The standard InChI is InChI=1S/C22H24O6/c1-5-6-15-11-21(23)28-18-12-16(7-8-17(15)18)27-13-14-9-19(24-2)22(26-4)20(10-14)25-3/h7-12H,5-6,13H2,1-4H3. The molecule has 0 radical (unpaired) electrons. The third kappa shape index (κ3) is 4.06.